The van der Waals surface area contributed by atoms with Crippen LogP contribution in [0.2, 0.25) is 5.02 Å². The Kier molecular flexibility index (Phi) is 4.59. The van der Waals surface area contributed by atoms with E-state index in [1.165, 1.54) is 6.92 Å². The molecule has 0 bridgehead atoms. The highest BCUT2D eigenvalue weighted by Crippen LogP contribution is 2.15. The van der Waals surface area contributed by atoms with E-state index in [2.05, 4.69) is 15.5 Å². The van der Waals surface area contributed by atoms with Gasteiger partial charge in [-0.05, 0) is 18.2 Å². The molecule has 1 amide bonds. The Labute approximate surface area is 143 Å². The second-order valence-corrected chi connectivity index (χ2v) is 5.68. The first-order valence-electron chi connectivity index (χ1n) is 7.28. The minimum Gasteiger partial charge on any atom is -0.288 e. The summed E-state index contributed by atoms with van der Waals surface area (Å²) in [5.74, 6) is -0.0303. The van der Waals surface area contributed by atoms with Crippen LogP contribution in [0.1, 0.15) is 12.5 Å². The lowest BCUT2D eigenvalue weighted by Crippen LogP contribution is -2.32. The van der Waals surface area contributed by atoms with Crippen LogP contribution in [0.5, 0.6) is 0 Å². The first-order valence-corrected chi connectivity index (χ1v) is 7.66. The van der Waals surface area contributed by atoms with Gasteiger partial charge in [0.2, 0.25) is 5.91 Å². The summed E-state index contributed by atoms with van der Waals surface area (Å²) in [6.07, 6.45) is 0. The van der Waals surface area contributed by atoms with Crippen LogP contribution in [-0.2, 0) is 4.79 Å². The van der Waals surface area contributed by atoms with Gasteiger partial charge in [0.05, 0.1) is 11.1 Å². The molecule has 1 heterocycles. The van der Waals surface area contributed by atoms with Crippen LogP contribution in [-0.4, -0.2) is 28.6 Å². The van der Waals surface area contributed by atoms with Gasteiger partial charge in [0.1, 0.15) is 6.54 Å². The van der Waals surface area contributed by atoms with Crippen molar-refractivity contribution in [2.75, 3.05) is 6.54 Å². The summed E-state index contributed by atoms with van der Waals surface area (Å²) in [6.45, 7) is 1.38. The van der Waals surface area contributed by atoms with Crippen molar-refractivity contribution >= 4 is 29.0 Å². The van der Waals surface area contributed by atoms with Crippen molar-refractivity contribution in [2.45, 2.75) is 6.92 Å². The summed E-state index contributed by atoms with van der Waals surface area (Å²) >= 11 is 6.13. The fourth-order valence-electron chi connectivity index (χ4n) is 2.43. The number of amides is 1. The summed E-state index contributed by atoms with van der Waals surface area (Å²) in [4.78, 5) is 15.5. The van der Waals surface area contributed by atoms with Crippen molar-refractivity contribution in [3.8, 4) is 0 Å². The van der Waals surface area contributed by atoms with Gasteiger partial charge < -0.3 is 0 Å². The molecule has 7 heteroatoms. The topological polar surface area (TPSA) is 77.3 Å². The quantitative estimate of drug-likeness (QED) is 0.807. The molecule has 6 nitrogen and oxygen atoms in total. The minimum absolute atomic E-state index is 0.0246. The zero-order chi connectivity index (χ0) is 17.1. The lowest BCUT2D eigenvalue weighted by atomic mass is 10.1. The maximum absolute atomic E-state index is 11.1. The van der Waals surface area contributed by atoms with Gasteiger partial charge >= 0.3 is 0 Å². The molecule has 0 spiro atoms. The van der Waals surface area contributed by atoms with Crippen LogP contribution < -0.4 is 16.0 Å². The highest BCUT2D eigenvalue weighted by Gasteiger charge is 2.17. The zero-order valence-electron chi connectivity index (χ0n) is 12.9. The Bertz CT molecular complexity index is 925. The Hall–Kier alpha value is -2.70. The molecule has 3 rings (SSSR count). The standard InChI is InChI=1S/C17H15ClN4O2/c1-11(23)20-21-16-10-22(24)17(12-5-3-2-4-6-12)14-9-13(18)7-8-15(14)19-16/h2-9,24H,10H2,1H3,(H,20,23). The van der Waals surface area contributed by atoms with Crippen molar-refractivity contribution in [3.05, 3.63) is 69.7 Å². The van der Waals surface area contributed by atoms with Crippen LogP contribution in [0.25, 0.3) is 5.70 Å². The van der Waals surface area contributed by atoms with Crippen molar-refractivity contribution in [1.82, 2.24) is 10.5 Å². The number of fused-ring (bicyclic) bond motifs is 1. The third-order valence-corrected chi connectivity index (χ3v) is 3.64. The number of nitrogens with one attached hydrogen (secondary N) is 1. The Morgan fingerprint density at radius 2 is 2.04 bits per heavy atom. The van der Waals surface area contributed by atoms with E-state index in [0.717, 1.165) is 10.6 Å². The number of hydrogen-bond acceptors (Lipinski definition) is 4. The van der Waals surface area contributed by atoms with Gasteiger partial charge in [0.25, 0.3) is 0 Å². The van der Waals surface area contributed by atoms with Gasteiger partial charge in [0.15, 0.2) is 5.84 Å². The fraction of sp³-hybridized carbons (Fsp3) is 0.118. The molecule has 0 atom stereocenters. The molecule has 2 aromatic carbocycles. The number of hydrogen-bond donors (Lipinski definition) is 2. The van der Waals surface area contributed by atoms with Gasteiger partial charge in [-0.1, -0.05) is 41.9 Å². The van der Waals surface area contributed by atoms with E-state index in [4.69, 9.17) is 11.6 Å². The second kappa shape index (κ2) is 6.82. The number of benzene rings is 2. The number of halogens is 1. The molecule has 2 N–H and O–H groups in total. The van der Waals surface area contributed by atoms with E-state index < -0.39 is 0 Å². The monoisotopic (exact) mass is 342 g/mol. The van der Waals surface area contributed by atoms with Crippen molar-refractivity contribution in [2.24, 2.45) is 10.1 Å². The van der Waals surface area contributed by atoms with Crippen LogP contribution in [0.4, 0.5) is 0 Å². The van der Waals surface area contributed by atoms with E-state index in [1.807, 2.05) is 30.3 Å². The fourth-order valence-corrected chi connectivity index (χ4v) is 2.60. The van der Waals surface area contributed by atoms with E-state index in [1.54, 1.807) is 18.2 Å². The SMILES string of the molecule is CC(=O)NN=C1CN(O)C(c2ccccc2)=c2cc(Cl)ccc2=N1. The van der Waals surface area contributed by atoms with Gasteiger partial charge in [0, 0.05) is 22.7 Å². The number of hydrazone groups is 1. The molecule has 0 aliphatic carbocycles. The van der Waals surface area contributed by atoms with Crippen molar-refractivity contribution in [3.63, 3.8) is 0 Å². The summed E-state index contributed by atoms with van der Waals surface area (Å²) in [7, 11) is 0. The number of amidine groups is 1. The lowest BCUT2D eigenvalue weighted by molar-refractivity contribution is -0.118. The normalized spacial score (nSPS) is 15.5. The second-order valence-electron chi connectivity index (χ2n) is 5.24. The molecule has 0 fully saturated rings. The van der Waals surface area contributed by atoms with Crippen molar-refractivity contribution < 1.29 is 10.0 Å². The third kappa shape index (κ3) is 3.45. The molecule has 1 aliphatic rings. The maximum Gasteiger partial charge on any atom is 0.237 e. The number of rotatable bonds is 2. The molecular weight excluding hydrogens is 328 g/mol. The average molecular weight is 343 g/mol. The van der Waals surface area contributed by atoms with Gasteiger partial charge in [-0.25, -0.2) is 15.5 Å². The molecular formula is C17H15ClN4O2. The van der Waals surface area contributed by atoms with Crippen LogP contribution in [0.3, 0.4) is 0 Å². The molecule has 0 saturated heterocycles. The Morgan fingerprint density at radius 3 is 2.75 bits per heavy atom. The molecule has 1 aliphatic heterocycles. The maximum atomic E-state index is 11.1. The smallest absolute Gasteiger partial charge is 0.237 e. The molecule has 0 radical (unpaired) electrons. The van der Waals surface area contributed by atoms with E-state index in [0.29, 0.717) is 21.3 Å². The van der Waals surface area contributed by atoms with Gasteiger partial charge in [-0.15, -0.1) is 0 Å². The molecule has 122 valence electrons. The number of carbonyl (C=O) groups is 1. The van der Waals surface area contributed by atoms with E-state index in [9.17, 15) is 10.0 Å². The summed E-state index contributed by atoms with van der Waals surface area (Å²) in [6, 6.07) is 14.7. The highest BCUT2D eigenvalue weighted by atomic mass is 35.5. The minimum atomic E-state index is -0.310. The summed E-state index contributed by atoms with van der Waals surface area (Å²) in [5.41, 5.74) is 3.74. The first-order chi connectivity index (χ1) is 11.5. The number of hydroxylamine groups is 2. The molecule has 24 heavy (non-hydrogen) atoms. The lowest BCUT2D eigenvalue weighted by Gasteiger charge is -2.19. The van der Waals surface area contributed by atoms with Gasteiger partial charge in [-0.3, -0.25) is 10.0 Å². The molecule has 0 unspecified atom stereocenters. The first kappa shape index (κ1) is 16.2. The molecule has 0 saturated carbocycles. The summed E-state index contributed by atoms with van der Waals surface area (Å²) < 4.78 is 0. The van der Waals surface area contributed by atoms with E-state index >= 15 is 0 Å². The average Bonchev–Trinajstić information content (AvgIpc) is 2.69. The third-order valence-electron chi connectivity index (χ3n) is 3.40. The van der Waals surface area contributed by atoms with Gasteiger partial charge in [-0.2, -0.15) is 5.10 Å². The summed E-state index contributed by atoms with van der Waals surface area (Å²) in [5, 5.41) is 17.4. The largest absolute Gasteiger partial charge is 0.288 e. The Morgan fingerprint density at radius 1 is 1.29 bits per heavy atom. The van der Waals surface area contributed by atoms with Crippen LogP contribution >= 0.6 is 11.6 Å². The number of nitrogens with zero attached hydrogens (tertiary/aromatic N) is 3. The zero-order valence-corrected chi connectivity index (χ0v) is 13.7. The van der Waals surface area contributed by atoms with E-state index in [-0.39, 0.29) is 18.3 Å². The predicted molar refractivity (Wildman–Crippen MR) is 90.9 cm³/mol. The highest BCUT2D eigenvalue weighted by molar-refractivity contribution is 6.30. The Balaban J connectivity index is 2.27. The number of carbonyl (C=O) groups excluding carboxylic acids is 1. The molecule has 0 aromatic heterocycles. The predicted octanol–water partition coefficient (Wildman–Crippen LogP) is 1.27. The van der Waals surface area contributed by atoms with Crippen molar-refractivity contribution in [1.29, 1.82) is 0 Å². The van der Waals surface area contributed by atoms with Crippen LogP contribution in [0.15, 0.2) is 58.6 Å². The van der Waals surface area contributed by atoms with Crippen LogP contribution in [0, 0.1) is 0 Å². The molecule has 2 aromatic rings.